The van der Waals surface area contributed by atoms with Gasteiger partial charge in [-0.1, -0.05) is 103 Å². The first-order valence-electron chi connectivity index (χ1n) is 17.4. The third-order valence-corrected chi connectivity index (χ3v) is 7.58. The summed E-state index contributed by atoms with van der Waals surface area (Å²) in [5.74, 6) is -2.50. The highest BCUT2D eigenvalue weighted by molar-refractivity contribution is 5.84. The standard InChI is InChI=1S/C34H62N2O9/c1-29(37)28-45-27-26-44-25-24-35-31(38)23-22-30(34(42)43)36-32(39)20-18-16-14-12-10-8-6-4-2-3-5-7-9-11-13-15-17-19-21-33(40)41/h30H,2-28H2,1H3,(H,35,38)(H,36,39)(H,40,41)(H,42,43)/t30-/m0/s1. The van der Waals surface area contributed by atoms with Gasteiger partial charge in [-0.05, 0) is 26.2 Å². The van der Waals surface area contributed by atoms with Crippen molar-refractivity contribution in [2.45, 2.75) is 154 Å². The van der Waals surface area contributed by atoms with Gasteiger partial charge < -0.3 is 30.3 Å². The van der Waals surface area contributed by atoms with Crippen LogP contribution in [0.1, 0.15) is 148 Å². The van der Waals surface area contributed by atoms with Gasteiger partial charge in [0.15, 0.2) is 5.78 Å². The van der Waals surface area contributed by atoms with Crippen LogP contribution in [0.4, 0.5) is 0 Å². The number of amides is 2. The maximum atomic E-state index is 12.2. The fourth-order valence-electron chi connectivity index (χ4n) is 4.98. The fraction of sp³-hybridized carbons (Fsp3) is 0.853. The number of rotatable bonds is 34. The van der Waals surface area contributed by atoms with Crippen LogP contribution in [0.2, 0.25) is 0 Å². The maximum absolute atomic E-state index is 12.2. The summed E-state index contributed by atoms with van der Waals surface area (Å²) in [4.78, 5) is 57.0. The molecule has 0 bridgehead atoms. The third-order valence-electron chi connectivity index (χ3n) is 7.58. The normalized spacial score (nSPS) is 11.7. The minimum atomic E-state index is -1.15. The Morgan fingerprint density at radius 2 is 1.00 bits per heavy atom. The average molecular weight is 643 g/mol. The highest BCUT2D eigenvalue weighted by Crippen LogP contribution is 2.15. The Morgan fingerprint density at radius 1 is 0.556 bits per heavy atom. The monoisotopic (exact) mass is 642 g/mol. The van der Waals surface area contributed by atoms with Crippen molar-refractivity contribution in [1.29, 1.82) is 0 Å². The summed E-state index contributed by atoms with van der Waals surface area (Å²) in [5.41, 5.74) is 0. The number of carboxylic acids is 2. The molecule has 0 aliphatic heterocycles. The molecule has 4 N–H and O–H groups in total. The lowest BCUT2D eigenvalue weighted by Gasteiger charge is -2.14. The molecule has 0 aromatic heterocycles. The molecule has 11 heteroatoms. The first-order chi connectivity index (χ1) is 21.7. The van der Waals surface area contributed by atoms with Crippen LogP contribution in [-0.4, -0.2) is 78.8 Å². The van der Waals surface area contributed by atoms with Gasteiger partial charge in [-0.3, -0.25) is 19.2 Å². The van der Waals surface area contributed by atoms with E-state index in [0.717, 1.165) is 44.9 Å². The Kier molecular flexibility index (Phi) is 29.7. The number of carboxylic acid groups (broad SMARTS) is 2. The molecule has 0 unspecified atom stereocenters. The van der Waals surface area contributed by atoms with E-state index < -0.39 is 18.0 Å². The van der Waals surface area contributed by atoms with E-state index in [1.165, 1.54) is 77.6 Å². The topological polar surface area (TPSA) is 168 Å². The largest absolute Gasteiger partial charge is 0.481 e. The summed E-state index contributed by atoms with van der Waals surface area (Å²) >= 11 is 0. The highest BCUT2D eigenvalue weighted by Gasteiger charge is 2.20. The Labute approximate surface area is 271 Å². The summed E-state index contributed by atoms with van der Waals surface area (Å²) in [6.45, 7) is 2.64. The van der Waals surface area contributed by atoms with Crippen molar-refractivity contribution >= 4 is 29.5 Å². The number of hydrogen-bond donors (Lipinski definition) is 4. The Morgan fingerprint density at radius 3 is 1.44 bits per heavy atom. The Balaban J connectivity index is 3.58. The zero-order valence-electron chi connectivity index (χ0n) is 27.9. The molecular weight excluding hydrogens is 580 g/mol. The molecular formula is C34H62N2O9. The number of carbonyl (C=O) groups is 5. The fourth-order valence-corrected chi connectivity index (χ4v) is 4.98. The first kappa shape index (κ1) is 42.5. The van der Waals surface area contributed by atoms with Gasteiger partial charge in [0.05, 0.1) is 19.8 Å². The van der Waals surface area contributed by atoms with Crippen LogP contribution in [0.5, 0.6) is 0 Å². The minimum Gasteiger partial charge on any atom is -0.481 e. The predicted octanol–water partition coefficient (Wildman–Crippen LogP) is 5.96. The van der Waals surface area contributed by atoms with Crippen molar-refractivity contribution in [3.05, 3.63) is 0 Å². The van der Waals surface area contributed by atoms with E-state index in [9.17, 15) is 29.1 Å². The molecule has 45 heavy (non-hydrogen) atoms. The molecule has 0 aliphatic carbocycles. The SMILES string of the molecule is CC(=O)COCCOCCNC(=O)CC[C@H](NC(=O)CCCCCCCCCCCCCCCCCCCCC(=O)O)C(=O)O. The van der Waals surface area contributed by atoms with Crippen molar-refractivity contribution < 1.29 is 43.7 Å². The first-order valence-corrected chi connectivity index (χ1v) is 17.4. The van der Waals surface area contributed by atoms with Gasteiger partial charge in [0.25, 0.3) is 0 Å². The van der Waals surface area contributed by atoms with Gasteiger partial charge in [-0.2, -0.15) is 0 Å². The van der Waals surface area contributed by atoms with Crippen LogP contribution < -0.4 is 10.6 Å². The number of aliphatic carboxylic acids is 2. The van der Waals surface area contributed by atoms with Crippen molar-refractivity contribution in [3.8, 4) is 0 Å². The summed E-state index contributed by atoms with van der Waals surface area (Å²) in [6.07, 6.45) is 21.5. The van der Waals surface area contributed by atoms with Crippen LogP contribution in [0.15, 0.2) is 0 Å². The third kappa shape index (κ3) is 32.7. The summed E-state index contributed by atoms with van der Waals surface area (Å²) < 4.78 is 10.4. The second kappa shape index (κ2) is 31.5. The number of Topliss-reactive ketones (excluding diaryl/α,β-unsaturated/α-hetero) is 1. The summed E-state index contributed by atoms with van der Waals surface area (Å²) in [6, 6.07) is -1.09. The van der Waals surface area contributed by atoms with E-state index in [0.29, 0.717) is 19.6 Å². The lowest BCUT2D eigenvalue weighted by atomic mass is 10.0. The molecule has 11 nitrogen and oxygen atoms in total. The van der Waals surface area contributed by atoms with Crippen molar-refractivity contribution in [2.24, 2.45) is 0 Å². The number of nitrogens with one attached hydrogen (secondary N) is 2. The van der Waals surface area contributed by atoms with Crippen LogP contribution >= 0.6 is 0 Å². The molecule has 0 aromatic carbocycles. The maximum Gasteiger partial charge on any atom is 0.326 e. The second-order valence-corrected chi connectivity index (χ2v) is 12.0. The molecule has 0 fully saturated rings. The van der Waals surface area contributed by atoms with E-state index in [2.05, 4.69) is 10.6 Å². The molecule has 1 atom stereocenters. The summed E-state index contributed by atoms with van der Waals surface area (Å²) in [5, 5.41) is 23.2. The van der Waals surface area contributed by atoms with Gasteiger partial charge in [0, 0.05) is 25.8 Å². The molecule has 0 rings (SSSR count). The number of ketones is 1. The van der Waals surface area contributed by atoms with Crippen LogP contribution in [0.25, 0.3) is 0 Å². The number of hydrogen-bond acceptors (Lipinski definition) is 7. The van der Waals surface area contributed by atoms with Gasteiger partial charge in [0.2, 0.25) is 11.8 Å². The predicted molar refractivity (Wildman–Crippen MR) is 174 cm³/mol. The van der Waals surface area contributed by atoms with Crippen LogP contribution in [-0.2, 0) is 33.4 Å². The second-order valence-electron chi connectivity index (χ2n) is 12.0. The smallest absolute Gasteiger partial charge is 0.326 e. The lowest BCUT2D eigenvalue weighted by molar-refractivity contribution is -0.142. The Hall–Kier alpha value is -2.53. The van der Waals surface area contributed by atoms with Crippen LogP contribution in [0, 0.1) is 0 Å². The van der Waals surface area contributed by atoms with E-state index in [4.69, 9.17) is 14.6 Å². The van der Waals surface area contributed by atoms with Gasteiger partial charge >= 0.3 is 11.9 Å². The lowest BCUT2D eigenvalue weighted by Crippen LogP contribution is -2.41. The molecule has 262 valence electrons. The number of carbonyl (C=O) groups excluding carboxylic acids is 3. The average Bonchev–Trinajstić information content (AvgIpc) is 2.99. The molecule has 0 heterocycles. The molecule has 0 aromatic rings. The van der Waals surface area contributed by atoms with Crippen molar-refractivity contribution in [1.82, 2.24) is 10.6 Å². The van der Waals surface area contributed by atoms with Gasteiger partial charge in [0.1, 0.15) is 12.6 Å². The Bertz CT molecular complexity index is 792. The molecule has 0 saturated carbocycles. The van der Waals surface area contributed by atoms with E-state index in [-0.39, 0.29) is 56.6 Å². The van der Waals surface area contributed by atoms with Gasteiger partial charge in [-0.25, -0.2) is 4.79 Å². The molecule has 0 radical (unpaired) electrons. The molecule has 0 saturated heterocycles. The number of unbranched alkanes of at least 4 members (excludes halogenated alkanes) is 17. The zero-order chi connectivity index (χ0) is 33.4. The quantitative estimate of drug-likeness (QED) is 0.0619. The zero-order valence-corrected chi connectivity index (χ0v) is 27.9. The van der Waals surface area contributed by atoms with Crippen molar-refractivity contribution in [3.63, 3.8) is 0 Å². The van der Waals surface area contributed by atoms with E-state index >= 15 is 0 Å². The number of ether oxygens (including phenoxy) is 2. The van der Waals surface area contributed by atoms with E-state index in [1.54, 1.807) is 0 Å². The molecule has 2 amide bonds. The van der Waals surface area contributed by atoms with E-state index in [1.807, 2.05) is 0 Å². The van der Waals surface area contributed by atoms with Crippen LogP contribution in [0.3, 0.4) is 0 Å². The minimum absolute atomic E-state index is 0.0150. The highest BCUT2D eigenvalue weighted by atomic mass is 16.5. The molecule has 0 spiro atoms. The van der Waals surface area contributed by atoms with Gasteiger partial charge in [-0.15, -0.1) is 0 Å². The summed E-state index contributed by atoms with van der Waals surface area (Å²) in [7, 11) is 0. The molecule has 0 aliphatic rings. The van der Waals surface area contributed by atoms with Crippen molar-refractivity contribution in [2.75, 3.05) is 33.0 Å².